The second-order valence-electron chi connectivity index (χ2n) is 3.37. The molecule has 0 radical (unpaired) electrons. The van der Waals surface area contributed by atoms with Crippen molar-refractivity contribution in [1.82, 2.24) is 0 Å². The molecule has 4 heteroatoms. The topological polar surface area (TPSA) is 38.0 Å². The zero-order chi connectivity index (χ0) is 11.5. The summed E-state index contributed by atoms with van der Waals surface area (Å²) in [5, 5.41) is 3.59. The second-order valence-corrected chi connectivity index (χ2v) is 3.80. The maximum absolute atomic E-state index is 12.9. The van der Waals surface area contributed by atoms with E-state index in [9.17, 15) is 4.39 Å². The van der Waals surface area contributed by atoms with E-state index in [1.807, 2.05) is 0 Å². The standard InChI is InChI=1S/C12H10ClFN2/c13-8-4-5-12(11(15)6-8)16-10-3-1-2-9(14)7-10/h1-7,16H,15H2. The van der Waals surface area contributed by atoms with Crippen molar-refractivity contribution in [2.75, 3.05) is 11.1 Å². The normalized spacial score (nSPS) is 10.1. The molecule has 16 heavy (non-hydrogen) atoms. The van der Waals surface area contributed by atoms with Crippen molar-refractivity contribution < 1.29 is 4.39 Å². The summed E-state index contributed by atoms with van der Waals surface area (Å²) >= 11 is 5.78. The van der Waals surface area contributed by atoms with E-state index in [4.69, 9.17) is 17.3 Å². The summed E-state index contributed by atoms with van der Waals surface area (Å²) < 4.78 is 12.9. The predicted octanol–water partition coefficient (Wildman–Crippen LogP) is 3.80. The van der Waals surface area contributed by atoms with Gasteiger partial charge < -0.3 is 11.1 Å². The van der Waals surface area contributed by atoms with Crippen LogP contribution < -0.4 is 11.1 Å². The third-order valence-corrected chi connectivity index (χ3v) is 2.35. The lowest BCUT2D eigenvalue weighted by molar-refractivity contribution is 0.628. The molecule has 0 aliphatic rings. The molecule has 2 aromatic carbocycles. The van der Waals surface area contributed by atoms with Crippen LogP contribution in [0.5, 0.6) is 0 Å². The second kappa shape index (κ2) is 4.41. The average molecular weight is 237 g/mol. The monoisotopic (exact) mass is 236 g/mol. The predicted molar refractivity (Wildman–Crippen MR) is 65.5 cm³/mol. The Morgan fingerprint density at radius 3 is 2.62 bits per heavy atom. The fraction of sp³-hybridized carbons (Fsp3) is 0. The van der Waals surface area contributed by atoms with Gasteiger partial charge in [-0.2, -0.15) is 0 Å². The van der Waals surface area contributed by atoms with Gasteiger partial charge in [0.05, 0.1) is 11.4 Å². The van der Waals surface area contributed by atoms with Gasteiger partial charge in [-0.05, 0) is 36.4 Å². The van der Waals surface area contributed by atoms with E-state index in [0.29, 0.717) is 22.1 Å². The SMILES string of the molecule is Nc1cc(Cl)ccc1Nc1cccc(F)c1. The van der Waals surface area contributed by atoms with Crippen molar-refractivity contribution in [2.45, 2.75) is 0 Å². The molecule has 0 saturated carbocycles. The molecule has 0 spiro atoms. The number of nitrogens with two attached hydrogens (primary N) is 1. The lowest BCUT2D eigenvalue weighted by atomic mass is 10.2. The smallest absolute Gasteiger partial charge is 0.125 e. The maximum atomic E-state index is 12.9. The average Bonchev–Trinajstić information content (AvgIpc) is 2.22. The van der Waals surface area contributed by atoms with Gasteiger partial charge >= 0.3 is 0 Å². The summed E-state index contributed by atoms with van der Waals surface area (Å²) in [6, 6.07) is 11.3. The van der Waals surface area contributed by atoms with E-state index < -0.39 is 0 Å². The van der Waals surface area contributed by atoms with Gasteiger partial charge in [0.2, 0.25) is 0 Å². The number of halogens is 2. The third kappa shape index (κ3) is 2.44. The van der Waals surface area contributed by atoms with Crippen LogP contribution >= 0.6 is 11.6 Å². The largest absolute Gasteiger partial charge is 0.397 e. The van der Waals surface area contributed by atoms with E-state index in [-0.39, 0.29) is 5.82 Å². The number of nitrogens with one attached hydrogen (secondary N) is 1. The number of hydrogen-bond donors (Lipinski definition) is 2. The van der Waals surface area contributed by atoms with Gasteiger partial charge in [0.1, 0.15) is 5.82 Å². The Bertz CT molecular complexity index is 514. The van der Waals surface area contributed by atoms with Gasteiger partial charge in [-0.25, -0.2) is 4.39 Å². The lowest BCUT2D eigenvalue weighted by Crippen LogP contribution is -1.96. The number of rotatable bonds is 2. The van der Waals surface area contributed by atoms with Gasteiger partial charge in [-0.15, -0.1) is 0 Å². The summed E-state index contributed by atoms with van der Waals surface area (Å²) in [6.07, 6.45) is 0. The quantitative estimate of drug-likeness (QED) is 0.779. The lowest BCUT2D eigenvalue weighted by Gasteiger charge is -2.09. The van der Waals surface area contributed by atoms with Crippen LogP contribution in [0, 0.1) is 5.82 Å². The zero-order valence-corrected chi connectivity index (χ0v) is 9.13. The van der Waals surface area contributed by atoms with Crippen LogP contribution in [0.3, 0.4) is 0 Å². The maximum Gasteiger partial charge on any atom is 0.125 e. The summed E-state index contributed by atoms with van der Waals surface area (Å²) in [5.41, 5.74) is 7.64. The molecule has 2 rings (SSSR count). The Morgan fingerprint density at radius 1 is 1.12 bits per heavy atom. The zero-order valence-electron chi connectivity index (χ0n) is 8.37. The molecule has 0 atom stereocenters. The first-order chi connectivity index (χ1) is 7.65. The van der Waals surface area contributed by atoms with E-state index in [1.54, 1.807) is 30.3 Å². The molecule has 0 aliphatic heterocycles. The molecule has 0 aliphatic carbocycles. The fourth-order valence-corrected chi connectivity index (χ4v) is 1.55. The van der Waals surface area contributed by atoms with Crippen LogP contribution in [0.2, 0.25) is 5.02 Å². The Labute approximate surface area is 97.8 Å². The molecule has 82 valence electrons. The molecule has 0 heterocycles. The molecule has 2 nitrogen and oxygen atoms in total. The van der Waals surface area contributed by atoms with E-state index in [1.165, 1.54) is 12.1 Å². The van der Waals surface area contributed by atoms with Crippen molar-refractivity contribution in [2.24, 2.45) is 0 Å². The molecular formula is C12H10ClFN2. The summed E-state index contributed by atoms with van der Waals surface area (Å²) in [4.78, 5) is 0. The van der Waals surface area contributed by atoms with Crippen LogP contribution in [-0.2, 0) is 0 Å². The van der Waals surface area contributed by atoms with Crippen molar-refractivity contribution >= 4 is 28.7 Å². The highest BCUT2D eigenvalue weighted by molar-refractivity contribution is 6.31. The van der Waals surface area contributed by atoms with Crippen LogP contribution in [-0.4, -0.2) is 0 Å². The number of benzene rings is 2. The van der Waals surface area contributed by atoms with Gasteiger partial charge in [-0.3, -0.25) is 0 Å². The Hall–Kier alpha value is -1.74. The number of hydrogen-bond acceptors (Lipinski definition) is 2. The highest BCUT2D eigenvalue weighted by Crippen LogP contribution is 2.26. The Morgan fingerprint density at radius 2 is 1.94 bits per heavy atom. The minimum atomic E-state index is -0.294. The number of nitrogen functional groups attached to an aromatic ring is 1. The van der Waals surface area contributed by atoms with Crippen molar-refractivity contribution in [1.29, 1.82) is 0 Å². The van der Waals surface area contributed by atoms with Gasteiger partial charge in [0.25, 0.3) is 0 Å². The van der Waals surface area contributed by atoms with E-state index >= 15 is 0 Å². The van der Waals surface area contributed by atoms with E-state index in [0.717, 1.165) is 0 Å². The molecule has 0 saturated heterocycles. The molecule has 3 N–H and O–H groups in total. The fourth-order valence-electron chi connectivity index (χ4n) is 1.37. The molecule has 0 fully saturated rings. The van der Waals surface area contributed by atoms with Crippen LogP contribution in [0.1, 0.15) is 0 Å². The molecule has 0 bridgehead atoms. The van der Waals surface area contributed by atoms with Gasteiger partial charge in [0, 0.05) is 10.7 Å². The number of anilines is 3. The molecular weight excluding hydrogens is 227 g/mol. The molecule has 2 aromatic rings. The van der Waals surface area contributed by atoms with Crippen molar-refractivity contribution in [3.63, 3.8) is 0 Å². The minimum absolute atomic E-state index is 0.294. The first kappa shape index (κ1) is 10.8. The van der Waals surface area contributed by atoms with Crippen molar-refractivity contribution in [3.8, 4) is 0 Å². The molecule has 0 unspecified atom stereocenters. The summed E-state index contributed by atoms with van der Waals surface area (Å²) in [6.45, 7) is 0. The van der Waals surface area contributed by atoms with Crippen LogP contribution in [0.4, 0.5) is 21.5 Å². The highest BCUT2D eigenvalue weighted by atomic mass is 35.5. The first-order valence-corrected chi connectivity index (χ1v) is 5.10. The van der Waals surface area contributed by atoms with Crippen LogP contribution in [0.15, 0.2) is 42.5 Å². The highest BCUT2D eigenvalue weighted by Gasteiger charge is 2.01. The van der Waals surface area contributed by atoms with Crippen LogP contribution in [0.25, 0.3) is 0 Å². The third-order valence-electron chi connectivity index (χ3n) is 2.12. The Balaban J connectivity index is 2.27. The summed E-state index contributed by atoms with van der Waals surface area (Å²) in [5.74, 6) is -0.294. The van der Waals surface area contributed by atoms with Gasteiger partial charge in [0.15, 0.2) is 0 Å². The van der Waals surface area contributed by atoms with E-state index in [2.05, 4.69) is 5.32 Å². The molecule has 0 aromatic heterocycles. The molecule has 0 amide bonds. The minimum Gasteiger partial charge on any atom is -0.397 e. The van der Waals surface area contributed by atoms with Crippen molar-refractivity contribution in [3.05, 3.63) is 53.3 Å². The first-order valence-electron chi connectivity index (χ1n) is 4.73. The Kier molecular flexibility index (Phi) is 2.97. The summed E-state index contributed by atoms with van der Waals surface area (Å²) in [7, 11) is 0. The van der Waals surface area contributed by atoms with Gasteiger partial charge in [-0.1, -0.05) is 17.7 Å².